The maximum atomic E-state index is 12.1. The van der Waals surface area contributed by atoms with E-state index in [4.69, 9.17) is 4.74 Å². The third-order valence-electron chi connectivity index (χ3n) is 2.77. The number of nitrogens with one attached hydrogen (secondary N) is 1. The van der Waals surface area contributed by atoms with Crippen LogP contribution in [0.5, 0.6) is 0 Å². The Morgan fingerprint density at radius 1 is 1.26 bits per heavy atom. The van der Waals surface area contributed by atoms with Crippen LogP contribution in [0.1, 0.15) is 31.1 Å². The predicted molar refractivity (Wildman–Crippen MR) is 84.9 cm³/mol. The molecule has 2 rings (SSSR count). The number of rotatable bonds is 3. The van der Waals surface area contributed by atoms with Crippen LogP contribution in [0.25, 0.3) is 0 Å². The fourth-order valence-electron chi connectivity index (χ4n) is 1.83. The summed E-state index contributed by atoms with van der Waals surface area (Å²) in [6.45, 7) is 5.36. The molecule has 0 saturated heterocycles. The molecule has 0 bridgehead atoms. The molecule has 0 amide bonds. The molecular formula is C16H19N3O4. The van der Waals surface area contributed by atoms with Crippen molar-refractivity contribution in [3.8, 4) is 0 Å². The largest absolute Gasteiger partial charge is 0.465 e. The molecule has 2 aromatic rings. The Hall–Kier alpha value is -2.83. The van der Waals surface area contributed by atoms with Crippen molar-refractivity contribution >= 4 is 23.7 Å². The van der Waals surface area contributed by atoms with Gasteiger partial charge in [0.15, 0.2) is 0 Å². The Bertz CT molecular complexity index is 716. The molecule has 0 aliphatic rings. The molecule has 0 atom stereocenters. The molecule has 1 heterocycles. The molecular weight excluding hydrogens is 298 g/mol. The molecule has 7 heteroatoms. The van der Waals surface area contributed by atoms with Gasteiger partial charge in [0, 0.05) is 18.1 Å². The SMILES string of the molecule is COC(=O)c1cccc(Nc2nccn2C(=O)OC(C)(C)C)c1. The highest BCUT2D eigenvalue weighted by Crippen LogP contribution is 2.18. The summed E-state index contributed by atoms with van der Waals surface area (Å²) in [5.41, 5.74) is 0.389. The zero-order valence-electron chi connectivity index (χ0n) is 13.5. The molecule has 0 aliphatic heterocycles. The molecule has 0 fully saturated rings. The van der Waals surface area contributed by atoms with Crippen molar-refractivity contribution in [2.45, 2.75) is 26.4 Å². The normalized spacial score (nSPS) is 11.0. The zero-order valence-corrected chi connectivity index (χ0v) is 13.5. The van der Waals surface area contributed by atoms with Crippen molar-refractivity contribution in [2.24, 2.45) is 0 Å². The number of anilines is 2. The monoisotopic (exact) mass is 317 g/mol. The van der Waals surface area contributed by atoms with E-state index in [1.54, 1.807) is 45.0 Å². The van der Waals surface area contributed by atoms with E-state index in [9.17, 15) is 9.59 Å². The van der Waals surface area contributed by atoms with Crippen molar-refractivity contribution in [3.63, 3.8) is 0 Å². The lowest BCUT2D eigenvalue weighted by atomic mass is 10.2. The second-order valence-corrected chi connectivity index (χ2v) is 5.80. The van der Waals surface area contributed by atoms with Gasteiger partial charge in [-0.15, -0.1) is 0 Å². The van der Waals surface area contributed by atoms with E-state index >= 15 is 0 Å². The molecule has 1 N–H and O–H groups in total. The second kappa shape index (κ2) is 6.51. The molecule has 0 spiro atoms. The van der Waals surface area contributed by atoms with Gasteiger partial charge in [-0.1, -0.05) is 6.07 Å². The van der Waals surface area contributed by atoms with Crippen molar-refractivity contribution in [3.05, 3.63) is 42.2 Å². The van der Waals surface area contributed by atoms with E-state index in [1.165, 1.54) is 24.1 Å². The Labute approximate surface area is 134 Å². The van der Waals surface area contributed by atoms with Gasteiger partial charge in [0.2, 0.25) is 5.95 Å². The van der Waals surface area contributed by atoms with Crippen molar-refractivity contribution in [1.82, 2.24) is 9.55 Å². The molecule has 0 saturated carbocycles. The molecule has 0 radical (unpaired) electrons. The number of aromatic nitrogens is 2. The summed E-state index contributed by atoms with van der Waals surface area (Å²) in [6.07, 6.45) is 2.44. The van der Waals surface area contributed by atoms with Gasteiger partial charge in [0.25, 0.3) is 0 Å². The summed E-state index contributed by atoms with van der Waals surface area (Å²) in [5, 5.41) is 2.98. The minimum atomic E-state index is -0.608. The average Bonchev–Trinajstić information content (AvgIpc) is 2.93. The molecule has 122 valence electrons. The Kier molecular flexibility index (Phi) is 4.68. The fraction of sp³-hybridized carbons (Fsp3) is 0.312. The van der Waals surface area contributed by atoms with Gasteiger partial charge >= 0.3 is 12.1 Å². The first-order valence-corrected chi connectivity index (χ1v) is 7.02. The second-order valence-electron chi connectivity index (χ2n) is 5.80. The summed E-state index contributed by atoms with van der Waals surface area (Å²) >= 11 is 0. The van der Waals surface area contributed by atoms with E-state index < -0.39 is 17.7 Å². The molecule has 23 heavy (non-hydrogen) atoms. The number of hydrogen-bond donors (Lipinski definition) is 1. The average molecular weight is 317 g/mol. The first kappa shape index (κ1) is 16.5. The van der Waals surface area contributed by atoms with Crippen LogP contribution < -0.4 is 5.32 Å². The van der Waals surface area contributed by atoms with Gasteiger partial charge in [-0.3, -0.25) is 0 Å². The number of ether oxygens (including phenoxy) is 2. The molecule has 0 unspecified atom stereocenters. The number of carbonyl (C=O) groups is 2. The number of methoxy groups -OCH3 is 1. The number of esters is 1. The number of nitrogens with zero attached hydrogens (tertiary/aromatic N) is 2. The smallest absolute Gasteiger partial charge is 0.421 e. The van der Waals surface area contributed by atoms with Gasteiger partial charge in [-0.2, -0.15) is 0 Å². The van der Waals surface area contributed by atoms with E-state index in [1.807, 2.05) is 0 Å². The molecule has 0 aliphatic carbocycles. The summed E-state index contributed by atoms with van der Waals surface area (Å²) < 4.78 is 11.3. The third kappa shape index (κ3) is 4.32. The van der Waals surface area contributed by atoms with E-state index in [0.29, 0.717) is 17.2 Å². The Morgan fingerprint density at radius 2 is 2.00 bits per heavy atom. The van der Waals surface area contributed by atoms with E-state index in [0.717, 1.165) is 0 Å². The number of imidazole rings is 1. The summed E-state index contributed by atoms with van der Waals surface area (Å²) in [7, 11) is 1.32. The number of carbonyl (C=O) groups excluding carboxylic acids is 2. The Morgan fingerprint density at radius 3 is 2.65 bits per heavy atom. The van der Waals surface area contributed by atoms with E-state index in [2.05, 4.69) is 15.0 Å². The molecule has 1 aromatic carbocycles. The minimum absolute atomic E-state index is 0.293. The van der Waals surface area contributed by atoms with Gasteiger partial charge in [-0.05, 0) is 39.0 Å². The van der Waals surface area contributed by atoms with Crippen molar-refractivity contribution in [2.75, 3.05) is 12.4 Å². The maximum Gasteiger partial charge on any atom is 0.421 e. The quantitative estimate of drug-likeness (QED) is 0.875. The maximum absolute atomic E-state index is 12.1. The zero-order chi connectivity index (χ0) is 17.0. The lowest BCUT2D eigenvalue weighted by Gasteiger charge is -2.20. The molecule has 1 aromatic heterocycles. The third-order valence-corrected chi connectivity index (χ3v) is 2.77. The van der Waals surface area contributed by atoms with Crippen LogP contribution in [0, 0.1) is 0 Å². The number of hydrogen-bond acceptors (Lipinski definition) is 6. The molecule has 7 nitrogen and oxygen atoms in total. The van der Waals surface area contributed by atoms with Crippen molar-refractivity contribution in [1.29, 1.82) is 0 Å². The van der Waals surface area contributed by atoms with Crippen LogP contribution in [0.2, 0.25) is 0 Å². The highest BCUT2D eigenvalue weighted by atomic mass is 16.6. The highest BCUT2D eigenvalue weighted by molar-refractivity contribution is 5.90. The van der Waals surface area contributed by atoms with E-state index in [-0.39, 0.29) is 0 Å². The minimum Gasteiger partial charge on any atom is -0.465 e. The van der Waals surface area contributed by atoms with Gasteiger partial charge < -0.3 is 14.8 Å². The van der Waals surface area contributed by atoms with Crippen LogP contribution in [0.3, 0.4) is 0 Å². The predicted octanol–water partition coefficient (Wildman–Crippen LogP) is 3.20. The summed E-state index contributed by atoms with van der Waals surface area (Å²) in [6, 6.07) is 6.70. The fourth-order valence-corrected chi connectivity index (χ4v) is 1.83. The lowest BCUT2D eigenvalue weighted by molar-refractivity contribution is 0.0538. The van der Waals surface area contributed by atoms with Crippen molar-refractivity contribution < 1.29 is 19.1 Å². The highest BCUT2D eigenvalue weighted by Gasteiger charge is 2.20. The van der Waals surface area contributed by atoms with Crippen LogP contribution in [0.4, 0.5) is 16.4 Å². The summed E-state index contributed by atoms with van der Waals surface area (Å²) in [4.78, 5) is 27.8. The Balaban J connectivity index is 2.21. The van der Waals surface area contributed by atoms with Crippen LogP contribution >= 0.6 is 0 Å². The van der Waals surface area contributed by atoms with Gasteiger partial charge in [-0.25, -0.2) is 19.1 Å². The lowest BCUT2D eigenvalue weighted by Crippen LogP contribution is -2.27. The van der Waals surface area contributed by atoms with Gasteiger partial charge in [0.05, 0.1) is 12.7 Å². The van der Waals surface area contributed by atoms with Crippen LogP contribution in [-0.2, 0) is 9.47 Å². The number of benzene rings is 1. The van der Waals surface area contributed by atoms with Crippen LogP contribution in [0.15, 0.2) is 36.7 Å². The topological polar surface area (TPSA) is 82.5 Å². The first-order chi connectivity index (χ1) is 10.8. The standard InChI is InChI=1S/C16H19N3O4/c1-16(2,3)23-15(21)19-9-8-17-14(19)18-12-7-5-6-11(10-12)13(20)22-4/h5-10H,1-4H3,(H,17,18). The first-order valence-electron chi connectivity index (χ1n) is 7.02. The summed E-state index contributed by atoms with van der Waals surface area (Å²) in [5.74, 6) is -0.148. The van der Waals surface area contributed by atoms with Crippen LogP contribution in [-0.4, -0.2) is 34.3 Å². The van der Waals surface area contributed by atoms with Gasteiger partial charge in [0.1, 0.15) is 5.60 Å².